The van der Waals surface area contributed by atoms with E-state index in [4.69, 9.17) is 16.1 Å². The van der Waals surface area contributed by atoms with Crippen LogP contribution in [0.2, 0.25) is 0 Å². The van der Waals surface area contributed by atoms with E-state index in [0.717, 1.165) is 84.7 Å². The SMILES string of the molecule is CC.CC.CC.CC.CC.CC.CC.CC.CN(C)C(=O)Cc1c(-c2ccccc2)nc2ccccn12.N#CCc1c(-c2ccccc2)nc2ccccn12.NC(=O)Cc1c(-c2ccccc2)nc2ccccn12.O=C(O)Cc1c(-c2ccccc2)nc2ccccn12.[CH3-].[CH3-].[CH3-].[CH3-].[Y].[Y].[Y].[Y]. The summed E-state index contributed by atoms with van der Waals surface area (Å²) in [5, 5.41) is 18.1. The summed E-state index contributed by atoms with van der Waals surface area (Å²) in [5.41, 5.74) is 19.4. The second kappa shape index (κ2) is 65.9. The van der Waals surface area contributed by atoms with Crippen LogP contribution in [0.3, 0.4) is 0 Å². The molecule has 8 aromatic heterocycles. The monoisotopic (exact) mass is 1670 g/mol. The number of pyridine rings is 4. The van der Waals surface area contributed by atoms with Gasteiger partial charge in [-0.25, -0.2) is 19.9 Å². The van der Waals surface area contributed by atoms with Gasteiger partial charge in [0.05, 0.1) is 77.3 Å². The summed E-state index contributed by atoms with van der Waals surface area (Å²) in [7, 11) is 3.54. The second-order valence-corrected chi connectivity index (χ2v) is 17.8. The first-order chi connectivity index (χ1) is 45.6. The molecule has 0 atom stereocenters. The summed E-state index contributed by atoms with van der Waals surface area (Å²) >= 11 is 0. The Morgan fingerprint density at radius 3 is 0.812 bits per heavy atom. The molecule has 0 aliphatic heterocycles. The standard InChI is InChI=1S/C17H17N3O.C15H13N3O.C15H11N3.C15H12N2O2.8C2H6.4CH3.4Y/c1-19(2)16(21)12-14-17(13-8-4-3-5-9-13)18-15-10-6-7-11-20(14)15;16-13(19)10-12-15(11-6-2-1-3-7-11)17-14-8-4-5-9-18(12)14;16-10-9-13-15(12-6-2-1-3-7-12)17-14-8-4-5-11-18(13)14;18-14(19)10-12-15(11-6-2-1-3-7-11)16-13-8-4-5-9-17(12)13;8*1-2;;;;;;;;/h3-11H,12H2,1-2H3;1-9H,10H2,(H2,16,19);1-8,11H,9H2;1-9H,10H2,(H,18,19);8*1-2H3;4*1H3;;;;/q;;;;;;;;;;;;4*-1;;;;. The van der Waals surface area contributed by atoms with E-state index >= 15 is 0 Å². The molecule has 15 nitrogen and oxygen atoms in total. The molecule has 19 heteroatoms. The van der Waals surface area contributed by atoms with Crippen molar-refractivity contribution in [2.75, 3.05) is 14.1 Å². The fourth-order valence-corrected chi connectivity index (χ4v) is 8.86. The van der Waals surface area contributed by atoms with E-state index < -0.39 is 5.97 Å². The number of benzene rings is 4. The van der Waals surface area contributed by atoms with Gasteiger partial charge in [0, 0.05) is 192 Å². The molecular weight excluding hydrogens is 1560 g/mol. The molecular formula is C82H113N11O4Y4-4. The summed E-state index contributed by atoms with van der Waals surface area (Å²) < 4.78 is 7.71. The van der Waals surface area contributed by atoms with Gasteiger partial charge in [0.25, 0.3) is 0 Å². The molecule has 12 aromatic rings. The fraction of sp³-hybridized carbons (Fsp3) is 0.268. The summed E-state index contributed by atoms with van der Waals surface area (Å²) in [5.74, 6) is -1.15. The van der Waals surface area contributed by atoms with Gasteiger partial charge in [-0.15, -0.1) is 0 Å². The van der Waals surface area contributed by atoms with Gasteiger partial charge in [-0.2, -0.15) is 5.26 Å². The molecule has 12 rings (SSSR count). The van der Waals surface area contributed by atoms with Crippen LogP contribution in [0, 0.1) is 41.0 Å². The van der Waals surface area contributed by atoms with Crippen LogP contribution in [0.5, 0.6) is 0 Å². The van der Waals surface area contributed by atoms with Crippen LogP contribution in [0.1, 0.15) is 134 Å². The minimum atomic E-state index is -0.858. The van der Waals surface area contributed by atoms with Crippen LogP contribution in [0.15, 0.2) is 219 Å². The number of primary amides is 1. The third-order valence-electron chi connectivity index (χ3n) is 12.4. The predicted molar refractivity (Wildman–Crippen MR) is 415 cm³/mol. The predicted octanol–water partition coefficient (Wildman–Crippen LogP) is 20.4. The van der Waals surface area contributed by atoms with Crippen molar-refractivity contribution >= 4 is 40.4 Å². The summed E-state index contributed by atoms with van der Waals surface area (Å²) in [4.78, 5) is 54.5. The third kappa shape index (κ3) is 34.0. The summed E-state index contributed by atoms with van der Waals surface area (Å²) in [6.07, 6.45) is 8.46. The number of carbonyl (C=O) groups is 3. The van der Waals surface area contributed by atoms with Crippen LogP contribution in [0.4, 0.5) is 0 Å². The Kier molecular flexibility index (Phi) is 72.4. The Labute approximate surface area is 709 Å². The Hall–Kier alpha value is -6.04. The van der Waals surface area contributed by atoms with E-state index in [0.29, 0.717) is 18.5 Å². The van der Waals surface area contributed by atoms with Crippen molar-refractivity contribution in [3.8, 4) is 51.1 Å². The molecule has 3 N–H and O–H groups in total. The van der Waals surface area contributed by atoms with Crippen LogP contribution in [-0.4, -0.2) is 79.4 Å². The van der Waals surface area contributed by atoms with Crippen LogP contribution in [-0.2, 0) is 171 Å². The number of likely N-dealkylation sites (N-methyl/N-ethyl adjacent to an activating group) is 1. The van der Waals surface area contributed by atoms with Crippen LogP contribution >= 0.6 is 0 Å². The van der Waals surface area contributed by atoms with E-state index in [1.165, 1.54) is 0 Å². The molecule has 2 amide bonds. The number of nitrogens with zero attached hydrogens (tertiary/aromatic N) is 10. The molecule has 0 aliphatic rings. The van der Waals surface area contributed by atoms with E-state index in [1.54, 1.807) is 19.0 Å². The van der Waals surface area contributed by atoms with Gasteiger partial charge in [-0.3, -0.25) is 14.4 Å². The van der Waals surface area contributed by atoms with Crippen molar-refractivity contribution in [3.63, 3.8) is 0 Å². The molecule has 0 saturated heterocycles. The third-order valence-corrected chi connectivity index (χ3v) is 12.4. The average molecular weight is 1670 g/mol. The van der Waals surface area contributed by atoms with Gasteiger partial charge in [-0.1, -0.05) is 256 Å². The molecule has 8 heterocycles. The molecule has 0 saturated carbocycles. The molecule has 0 spiro atoms. The minimum absolute atomic E-state index is 0. The Bertz CT molecular complexity index is 3910. The number of carboxylic acid groups (broad SMARTS) is 1. The Morgan fingerprint density at radius 2 is 0.584 bits per heavy atom. The number of amides is 2. The zero-order chi connectivity index (χ0) is 69.7. The van der Waals surface area contributed by atoms with Gasteiger partial charge < -0.3 is 63.0 Å². The number of fused-ring (bicyclic) bond motifs is 4. The molecule has 536 valence electrons. The molecule has 0 fully saturated rings. The molecule has 4 radical (unpaired) electrons. The summed E-state index contributed by atoms with van der Waals surface area (Å²) in [6.45, 7) is 32.0. The summed E-state index contributed by atoms with van der Waals surface area (Å²) in [6, 6.07) is 64.7. The molecule has 0 aliphatic carbocycles. The zero-order valence-corrected chi connectivity index (χ0v) is 76.0. The second-order valence-electron chi connectivity index (χ2n) is 17.8. The van der Waals surface area contributed by atoms with Gasteiger partial charge >= 0.3 is 5.97 Å². The maximum absolute atomic E-state index is 12.1. The number of aliphatic carboxylic acids is 1. The maximum atomic E-state index is 12.1. The van der Waals surface area contributed by atoms with Gasteiger partial charge in [0.2, 0.25) is 11.8 Å². The normalized spacial score (nSPS) is 8.60. The molecule has 4 aromatic carbocycles. The number of nitriles is 1. The first-order valence-corrected chi connectivity index (χ1v) is 32.7. The average Bonchev–Trinajstić information content (AvgIpc) is 1.68. The number of rotatable bonds is 11. The zero-order valence-electron chi connectivity index (χ0n) is 64.6. The van der Waals surface area contributed by atoms with Crippen molar-refractivity contribution in [1.82, 2.24) is 42.4 Å². The maximum Gasteiger partial charge on any atom is 0.309 e. The van der Waals surface area contributed by atoms with Crippen molar-refractivity contribution in [2.45, 2.75) is 136 Å². The van der Waals surface area contributed by atoms with Crippen molar-refractivity contribution in [2.24, 2.45) is 5.73 Å². The molecule has 0 unspecified atom stereocenters. The first-order valence-electron chi connectivity index (χ1n) is 32.7. The van der Waals surface area contributed by atoms with Crippen molar-refractivity contribution < 1.29 is 150 Å². The number of carboxylic acids is 1. The van der Waals surface area contributed by atoms with Gasteiger partial charge in [0.1, 0.15) is 22.6 Å². The van der Waals surface area contributed by atoms with E-state index in [2.05, 4.69) is 26.0 Å². The number of hydrogen-bond acceptors (Lipinski definition) is 8. The van der Waals surface area contributed by atoms with Crippen molar-refractivity contribution in [3.05, 3.63) is 271 Å². The van der Waals surface area contributed by atoms with E-state index in [1.807, 2.05) is 347 Å². The fourth-order valence-electron chi connectivity index (χ4n) is 8.86. The smallest absolute Gasteiger partial charge is 0.309 e. The first kappa shape index (κ1) is 111. The van der Waals surface area contributed by atoms with E-state index in [-0.39, 0.29) is 185 Å². The van der Waals surface area contributed by atoms with Crippen LogP contribution < -0.4 is 5.73 Å². The van der Waals surface area contributed by atoms with Crippen LogP contribution in [0.25, 0.3) is 67.6 Å². The quantitative estimate of drug-likeness (QED) is 0.119. The van der Waals surface area contributed by atoms with Gasteiger partial charge in [0.15, 0.2) is 0 Å². The molecule has 0 bridgehead atoms. The number of imidazole rings is 4. The number of aromatic nitrogens is 8. The molecule has 101 heavy (non-hydrogen) atoms. The van der Waals surface area contributed by atoms with Crippen molar-refractivity contribution in [1.29, 1.82) is 5.26 Å². The minimum Gasteiger partial charge on any atom is -0.481 e. The Balaban J connectivity index is -0.000000174. The number of hydrogen-bond donors (Lipinski definition) is 2. The topological polar surface area (TPSA) is 194 Å². The largest absolute Gasteiger partial charge is 0.481 e. The van der Waals surface area contributed by atoms with E-state index in [9.17, 15) is 14.4 Å². The number of carbonyl (C=O) groups excluding carboxylic acids is 2. The van der Waals surface area contributed by atoms with Gasteiger partial charge in [-0.05, 0) is 48.5 Å². The number of nitrogens with two attached hydrogens (primary N) is 1. The Morgan fingerprint density at radius 1 is 0.366 bits per heavy atom.